The summed E-state index contributed by atoms with van der Waals surface area (Å²) >= 11 is 0. The maximum atomic E-state index is 5.04. The predicted octanol–water partition coefficient (Wildman–Crippen LogP) is 2.30. The Bertz CT molecular complexity index is 291. The van der Waals surface area contributed by atoms with Crippen molar-refractivity contribution < 1.29 is 4.74 Å². The van der Waals surface area contributed by atoms with Crippen LogP contribution < -0.4 is 10.1 Å². The van der Waals surface area contributed by atoms with Gasteiger partial charge < -0.3 is 10.1 Å². The molecule has 1 aliphatic rings. The molecule has 0 aliphatic heterocycles. The van der Waals surface area contributed by atoms with Crippen molar-refractivity contribution >= 4 is 5.82 Å². The van der Waals surface area contributed by atoms with Gasteiger partial charge in [-0.2, -0.15) is 0 Å². The van der Waals surface area contributed by atoms with Crippen molar-refractivity contribution in [3.63, 3.8) is 0 Å². The number of nitrogens with one attached hydrogen (secondary N) is 1. The molecule has 0 spiro atoms. The molecule has 1 fully saturated rings. The lowest BCUT2D eigenvalue weighted by Crippen LogP contribution is -2.33. The van der Waals surface area contributed by atoms with E-state index in [4.69, 9.17) is 4.74 Å². The smallest absolute Gasteiger partial charge is 0.137 e. The van der Waals surface area contributed by atoms with Gasteiger partial charge in [0.2, 0.25) is 0 Å². The first-order chi connectivity index (χ1) is 6.78. The van der Waals surface area contributed by atoms with Crippen LogP contribution in [0.15, 0.2) is 18.3 Å². The molecule has 3 heteroatoms. The number of methoxy groups -OCH3 is 1. The van der Waals surface area contributed by atoms with E-state index in [9.17, 15) is 0 Å². The number of anilines is 1. The van der Waals surface area contributed by atoms with E-state index in [0.717, 1.165) is 17.5 Å². The number of hydrogen-bond acceptors (Lipinski definition) is 3. The standard InChI is InChI=1S/C11H16N2O/c1-8-5-9(6-8)13-11-4-3-10(14-2)7-12-11/h3-4,7-9H,5-6H2,1-2H3,(H,12,13). The average molecular weight is 192 g/mol. The molecule has 0 amide bonds. The van der Waals surface area contributed by atoms with Crippen LogP contribution in [0, 0.1) is 5.92 Å². The molecule has 1 N–H and O–H groups in total. The molecule has 2 rings (SSSR count). The lowest BCUT2D eigenvalue weighted by atomic mass is 9.82. The van der Waals surface area contributed by atoms with Crippen molar-refractivity contribution in [3.05, 3.63) is 18.3 Å². The van der Waals surface area contributed by atoms with E-state index in [0.29, 0.717) is 6.04 Å². The molecule has 0 aromatic carbocycles. The molecular weight excluding hydrogens is 176 g/mol. The Labute approximate surface area is 84.5 Å². The molecule has 3 nitrogen and oxygen atoms in total. The first-order valence-electron chi connectivity index (χ1n) is 5.04. The zero-order valence-electron chi connectivity index (χ0n) is 8.66. The van der Waals surface area contributed by atoms with Gasteiger partial charge in [-0.15, -0.1) is 0 Å². The zero-order chi connectivity index (χ0) is 9.97. The second-order valence-corrected chi connectivity index (χ2v) is 4.00. The summed E-state index contributed by atoms with van der Waals surface area (Å²) in [6.07, 6.45) is 4.26. The normalized spacial score (nSPS) is 25.3. The molecule has 1 aliphatic carbocycles. The summed E-state index contributed by atoms with van der Waals surface area (Å²) < 4.78 is 5.04. The van der Waals surface area contributed by atoms with Crippen LogP contribution in [-0.4, -0.2) is 18.1 Å². The minimum absolute atomic E-state index is 0.617. The van der Waals surface area contributed by atoms with Crippen LogP contribution in [0.2, 0.25) is 0 Å². The van der Waals surface area contributed by atoms with Gasteiger partial charge in [-0.3, -0.25) is 0 Å². The molecule has 1 aromatic heterocycles. The van der Waals surface area contributed by atoms with Gasteiger partial charge in [-0.25, -0.2) is 4.98 Å². The van der Waals surface area contributed by atoms with Crippen LogP contribution in [0.25, 0.3) is 0 Å². The van der Waals surface area contributed by atoms with Crippen molar-refractivity contribution in [2.24, 2.45) is 5.92 Å². The molecule has 1 saturated carbocycles. The van der Waals surface area contributed by atoms with Crippen LogP contribution in [0.3, 0.4) is 0 Å². The fourth-order valence-corrected chi connectivity index (χ4v) is 1.82. The Morgan fingerprint density at radius 2 is 2.21 bits per heavy atom. The van der Waals surface area contributed by atoms with Gasteiger partial charge in [-0.1, -0.05) is 6.92 Å². The largest absolute Gasteiger partial charge is 0.495 e. The zero-order valence-corrected chi connectivity index (χ0v) is 8.66. The number of hydrogen-bond donors (Lipinski definition) is 1. The van der Waals surface area contributed by atoms with E-state index in [1.54, 1.807) is 13.3 Å². The van der Waals surface area contributed by atoms with Gasteiger partial charge in [0.1, 0.15) is 11.6 Å². The molecule has 0 unspecified atom stereocenters. The summed E-state index contributed by atoms with van der Waals surface area (Å²) in [6, 6.07) is 4.50. The number of ether oxygens (including phenoxy) is 1. The summed E-state index contributed by atoms with van der Waals surface area (Å²) in [5.41, 5.74) is 0. The summed E-state index contributed by atoms with van der Waals surface area (Å²) in [5.74, 6) is 2.62. The third-order valence-corrected chi connectivity index (χ3v) is 2.70. The minimum Gasteiger partial charge on any atom is -0.495 e. The van der Waals surface area contributed by atoms with Crippen LogP contribution in [0.1, 0.15) is 19.8 Å². The first kappa shape index (κ1) is 9.31. The molecule has 0 radical (unpaired) electrons. The number of aromatic nitrogens is 1. The van der Waals surface area contributed by atoms with E-state index in [1.165, 1.54) is 12.8 Å². The second kappa shape index (κ2) is 3.86. The number of nitrogens with zero attached hydrogens (tertiary/aromatic N) is 1. The fraction of sp³-hybridized carbons (Fsp3) is 0.545. The predicted molar refractivity (Wildman–Crippen MR) is 56.6 cm³/mol. The van der Waals surface area contributed by atoms with Crippen molar-refractivity contribution in [1.82, 2.24) is 4.98 Å². The van der Waals surface area contributed by atoms with Crippen molar-refractivity contribution in [1.29, 1.82) is 0 Å². The molecule has 0 atom stereocenters. The van der Waals surface area contributed by atoms with E-state index < -0.39 is 0 Å². The molecule has 14 heavy (non-hydrogen) atoms. The monoisotopic (exact) mass is 192 g/mol. The van der Waals surface area contributed by atoms with E-state index in [2.05, 4.69) is 17.2 Å². The summed E-state index contributed by atoms with van der Waals surface area (Å²) in [7, 11) is 1.65. The van der Waals surface area contributed by atoms with Gasteiger partial charge in [0.25, 0.3) is 0 Å². The Morgan fingerprint density at radius 1 is 1.43 bits per heavy atom. The highest BCUT2D eigenvalue weighted by atomic mass is 16.5. The number of pyridine rings is 1. The van der Waals surface area contributed by atoms with Crippen molar-refractivity contribution in [2.75, 3.05) is 12.4 Å². The molecule has 0 saturated heterocycles. The SMILES string of the molecule is COc1ccc(NC2CC(C)C2)nc1. The molecule has 76 valence electrons. The van der Waals surface area contributed by atoms with Gasteiger partial charge in [0.05, 0.1) is 13.3 Å². The van der Waals surface area contributed by atoms with Crippen LogP contribution >= 0.6 is 0 Å². The molecule has 0 bridgehead atoms. The molecule has 1 heterocycles. The maximum absolute atomic E-state index is 5.04. The maximum Gasteiger partial charge on any atom is 0.137 e. The van der Waals surface area contributed by atoms with Gasteiger partial charge >= 0.3 is 0 Å². The van der Waals surface area contributed by atoms with Crippen LogP contribution in [-0.2, 0) is 0 Å². The summed E-state index contributed by atoms with van der Waals surface area (Å²) in [5, 5.41) is 3.39. The Hall–Kier alpha value is -1.25. The van der Waals surface area contributed by atoms with Crippen molar-refractivity contribution in [3.8, 4) is 5.75 Å². The van der Waals surface area contributed by atoms with Gasteiger partial charge in [0.15, 0.2) is 0 Å². The summed E-state index contributed by atoms with van der Waals surface area (Å²) in [4.78, 5) is 4.26. The minimum atomic E-state index is 0.617. The van der Waals surface area contributed by atoms with E-state index in [-0.39, 0.29) is 0 Å². The fourth-order valence-electron chi connectivity index (χ4n) is 1.82. The topological polar surface area (TPSA) is 34.1 Å². The molecule has 1 aromatic rings. The Kier molecular flexibility index (Phi) is 2.57. The number of rotatable bonds is 3. The quantitative estimate of drug-likeness (QED) is 0.798. The average Bonchev–Trinajstić information content (AvgIpc) is 2.17. The van der Waals surface area contributed by atoms with Gasteiger partial charge in [0, 0.05) is 6.04 Å². The van der Waals surface area contributed by atoms with Crippen LogP contribution in [0.5, 0.6) is 5.75 Å². The van der Waals surface area contributed by atoms with Crippen LogP contribution in [0.4, 0.5) is 5.82 Å². The third-order valence-electron chi connectivity index (χ3n) is 2.70. The Balaban J connectivity index is 1.90. The lowest BCUT2D eigenvalue weighted by Gasteiger charge is -2.33. The molecular formula is C11H16N2O. The van der Waals surface area contributed by atoms with Crippen molar-refractivity contribution in [2.45, 2.75) is 25.8 Å². The lowest BCUT2D eigenvalue weighted by molar-refractivity contribution is 0.308. The van der Waals surface area contributed by atoms with E-state index in [1.807, 2.05) is 12.1 Å². The highest BCUT2D eigenvalue weighted by Crippen LogP contribution is 2.29. The third kappa shape index (κ3) is 1.97. The first-order valence-corrected chi connectivity index (χ1v) is 5.04. The summed E-state index contributed by atoms with van der Waals surface area (Å²) in [6.45, 7) is 2.28. The highest BCUT2D eigenvalue weighted by molar-refractivity contribution is 5.38. The van der Waals surface area contributed by atoms with E-state index >= 15 is 0 Å². The second-order valence-electron chi connectivity index (χ2n) is 4.00. The highest BCUT2D eigenvalue weighted by Gasteiger charge is 2.24. The van der Waals surface area contributed by atoms with Gasteiger partial charge in [-0.05, 0) is 30.9 Å². The Morgan fingerprint density at radius 3 is 2.71 bits per heavy atom.